The van der Waals surface area contributed by atoms with Gasteiger partial charge in [0.2, 0.25) is 0 Å². The van der Waals surface area contributed by atoms with Crippen molar-refractivity contribution in [2.75, 3.05) is 40.8 Å². The molecule has 3 N–H and O–H groups in total. The summed E-state index contributed by atoms with van der Waals surface area (Å²) in [4.78, 5) is 14.4. The van der Waals surface area contributed by atoms with Crippen LogP contribution in [-0.2, 0) is 4.79 Å². The molecular formula is C8H19N3O2. The fourth-order valence-corrected chi connectivity index (χ4v) is 0.983. The molecule has 0 aliphatic carbocycles. The van der Waals surface area contributed by atoms with E-state index in [1.165, 1.54) is 0 Å². The quantitative estimate of drug-likeness (QED) is 0.554. The molecule has 0 amide bonds. The third kappa shape index (κ3) is 4.82. The first-order valence-electron chi connectivity index (χ1n) is 4.27. The molecule has 0 aromatic carbocycles. The summed E-state index contributed by atoms with van der Waals surface area (Å²) in [5, 5.41) is 8.77. The molecule has 5 heteroatoms. The third-order valence-electron chi connectivity index (χ3n) is 1.94. The second-order valence-electron chi connectivity index (χ2n) is 3.37. The highest BCUT2D eigenvalue weighted by atomic mass is 16.4. The summed E-state index contributed by atoms with van der Waals surface area (Å²) in [5.41, 5.74) is 5.34. The first kappa shape index (κ1) is 12.3. The zero-order valence-electron chi connectivity index (χ0n) is 8.53. The Hall–Kier alpha value is -0.650. The van der Waals surface area contributed by atoms with Crippen molar-refractivity contribution in [3.05, 3.63) is 0 Å². The minimum Gasteiger partial charge on any atom is -0.480 e. The van der Waals surface area contributed by atoms with Crippen LogP contribution < -0.4 is 5.73 Å². The number of carbonyl (C=O) groups is 1. The van der Waals surface area contributed by atoms with Crippen molar-refractivity contribution < 1.29 is 9.90 Å². The molecule has 0 aromatic heterocycles. The highest BCUT2D eigenvalue weighted by Gasteiger charge is 2.19. The van der Waals surface area contributed by atoms with Gasteiger partial charge < -0.3 is 15.7 Å². The van der Waals surface area contributed by atoms with E-state index in [1.54, 1.807) is 11.9 Å². The van der Waals surface area contributed by atoms with Gasteiger partial charge in [0.25, 0.3) is 0 Å². The smallest absolute Gasteiger partial charge is 0.322 e. The highest BCUT2D eigenvalue weighted by Crippen LogP contribution is 1.94. The summed E-state index contributed by atoms with van der Waals surface area (Å²) < 4.78 is 0. The largest absolute Gasteiger partial charge is 0.480 e. The second-order valence-corrected chi connectivity index (χ2v) is 3.37. The number of rotatable bonds is 6. The van der Waals surface area contributed by atoms with E-state index in [0.29, 0.717) is 6.54 Å². The van der Waals surface area contributed by atoms with Crippen molar-refractivity contribution in [3.63, 3.8) is 0 Å². The molecule has 0 rings (SSSR count). The molecule has 0 aromatic rings. The molecule has 1 unspecified atom stereocenters. The standard InChI is InChI=1S/C8H19N3O2/c1-10(2)4-5-11(3)7(6-9)8(12)13/h7H,4-6,9H2,1-3H3,(H,12,13). The van der Waals surface area contributed by atoms with Crippen LogP contribution in [0.4, 0.5) is 0 Å². The van der Waals surface area contributed by atoms with Gasteiger partial charge in [-0.2, -0.15) is 0 Å². The van der Waals surface area contributed by atoms with Gasteiger partial charge in [-0.15, -0.1) is 0 Å². The maximum Gasteiger partial charge on any atom is 0.322 e. The lowest BCUT2D eigenvalue weighted by Gasteiger charge is -2.24. The van der Waals surface area contributed by atoms with E-state index in [9.17, 15) is 4.79 Å². The molecule has 13 heavy (non-hydrogen) atoms. The molecule has 0 heterocycles. The van der Waals surface area contributed by atoms with E-state index in [2.05, 4.69) is 0 Å². The van der Waals surface area contributed by atoms with Crippen molar-refractivity contribution in [1.82, 2.24) is 9.80 Å². The summed E-state index contributed by atoms with van der Waals surface area (Å²) >= 11 is 0. The van der Waals surface area contributed by atoms with Gasteiger partial charge in [-0.05, 0) is 21.1 Å². The Morgan fingerprint density at radius 2 is 1.92 bits per heavy atom. The number of carboxylic acid groups (broad SMARTS) is 1. The van der Waals surface area contributed by atoms with Crippen molar-refractivity contribution in [2.24, 2.45) is 5.73 Å². The van der Waals surface area contributed by atoms with Crippen molar-refractivity contribution in [2.45, 2.75) is 6.04 Å². The van der Waals surface area contributed by atoms with E-state index in [-0.39, 0.29) is 6.54 Å². The maximum absolute atomic E-state index is 10.7. The molecule has 0 fully saturated rings. The van der Waals surface area contributed by atoms with E-state index >= 15 is 0 Å². The molecule has 0 saturated heterocycles. The van der Waals surface area contributed by atoms with Crippen LogP contribution in [0.25, 0.3) is 0 Å². The maximum atomic E-state index is 10.7. The van der Waals surface area contributed by atoms with Gasteiger partial charge in [-0.25, -0.2) is 0 Å². The summed E-state index contributed by atoms with van der Waals surface area (Å²) in [6, 6.07) is -0.569. The van der Waals surface area contributed by atoms with E-state index in [4.69, 9.17) is 10.8 Å². The van der Waals surface area contributed by atoms with Crippen LogP contribution in [0.3, 0.4) is 0 Å². The van der Waals surface area contributed by atoms with E-state index < -0.39 is 12.0 Å². The lowest BCUT2D eigenvalue weighted by Crippen LogP contribution is -2.46. The van der Waals surface area contributed by atoms with E-state index in [1.807, 2.05) is 19.0 Å². The molecule has 0 bridgehead atoms. The molecule has 5 nitrogen and oxygen atoms in total. The molecule has 1 atom stereocenters. The monoisotopic (exact) mass is 189 g/mol. The number of carboxylic acids is 1. The lowest BCUT2D eigenvalue weighted by molar-refractivity contribution is -0.142. The van der Waals surface area contributed by atoms with Gasteiger partial charge in [0.1, 0.15) is 6.04 Å². The Kier molecular flexibility index (Phi) is 5.61. The Balaban J connectivity index is 3.91. The van der Waals surface area contributed by atoms with Gasteiger partial charge >= 0.3 is 5.97 Å². The molecule has 0 radical (unpaired) electrons. The number of hydrogen-bond donors (Lipinski definition) is 2. The Bertz CT molecular complexity index is 161. The zero-order valence-corrected chi connectivity index (χ0v) is 8.53. The predicted octanol–water partition coefficient (Wildman–Crippen LogP) is -1.11. The van der Waals surface area contributed by atoms with Crippen LogP contribution in [0, 0.1) is 0 Å². The fourth-order valence-electron chi connectivity index (χ4n) is 0.983. The van der Waals surface area contributed by atoms with Gasteiger partial charge in [0.15, 0.2) is 0 Å². The van der Waals surface area contributed by atoms with E-state index in [0.717, 1.165) is 6.54 Å². The van der Waals surface area contributed by atoms with Crippen molar-refractivity contribution in [3.8, 4) is 0 Å². The van der Waals surface area contributed by atoms with Gasteiger partial charge in [-0.1, -0.05) is 0 Å². The minimum atomic E-state index is -0.858. The first-order valence-corrected chi connectivity index (χ1v) is 4.27. The Morgan fingerprint density at radius 3 is 2.23 bits per heavy atom. The van der Waals surface area contributed by atoms with Gasteiger partial charge in [-0.3, -0.25) is 9.69 Å². The SMILES string of the molecule is CN(C)CCN(C)C(CN)C(=O)O. The van der Waals surface area contributed by atoms with Crippen LogP contribution >= 0.6 is 0 Å². The second kappa shape index (κ2) is 5.90. The number of aliphatic carboxylic acids is 1. The van der Waals surface area contributed by atoms with Crippen molar-refractivity contribution >= 4 is 5.97 Å². The molecule has 0 aliphatic heterocycles. The molecule has 0 aliphatic rings. The Morgan fingerprint density at radius 1 is 1.38 bits per heavy atom. The van der Waals surface area contributed by atoms with Crippen molar-refractivity contribution in [1.29, 1.82) is 0 Å². The third-order valence-corrected chi connectivity index (χ3v) is 1.94. The number of likely N-dealkylation sites (N-methyl/N-ethyl adjacent to an activating group) is 2. The Labute approximate surface area is 79.1 Å². The highest BCUT2D eigenvalue weighted by molar-refractivity contribution is 5.73. The average molecular weight is 189 g/mol. The van der Waals surface area contributed by atoms with Gasteiger partial charge in [0.05, 0.1) is 0 Å². The molecule has 78 valence electrons. The molecule has 0 spiro atoms. The average Bonchev–Trinajstić information content (AvgIpc) is 2.01. The van der Waals surface area contributed by atoms with Crippen LogP contribution in [0.15, 0.2) is 0 Å². The van der Waals surface area contributed by atoms with Crippen LogP contribution in [0.5, 0.6) is 0 Å². The zero-order chi connectivity index (χ0) is 10.4. The van der Waals surface area contributed by atoms with Crippen LogP contribution in [0.1, 0.15) is 0 Å². The first-order chi connectivity index (χ1) is 5.99. The van der Waals surface area contributed by atoms with Gasteiger partial charge in [0, 0.05) is 19.6 Å². The lowest BCUT2D eigenvalue weighted by atomic mass is 10.2. The normalized spacial score (nSPS) is 13.7. The predicted molar refractivity (Wildman–Crippen MR) is 51.7 cm³/mol. The van der Waals surface area contributed by atoms with Crippen LogP contribution in [0.2, 0.25) is 0 Å². The molecule has 0 saturated carbocycles. The topological polar surface area (TPSA) is 69.8 Å². The number of nitrogens with two attached hydrogens (primary N) is 1. The molecular weight excluding hydrogens is 170 g/mol. The number of nitrogens with zero attached hydrogens (tertiary/aromatic N) is 2. The summed E-state index contributed by atoms with van der Waals surface area (Å²) in [6.07, 6.45) is 0. The summed E-state index contributed by atoms with van der Waals surface area (Å²) in [5.74, 6) is -0.858. The number of hydrogen-bond acceptors (Lipinski definition) is 4. The summed E-state index contributed by atoms with van der Waals surface area (Å²) in [7, 11) is 5.67. The minimum absolute atomic E-state index is 0.152. The summed E-state index contributed by atoms with van der Waals surface area (Å²) in [6.45, 7) is 1.70. The fraction of sp³-hybridized carbons (Fsp3) is 0.875. The van der Waals surface area contributed by atoms with Crippen LogP contribution in [-0.4, -0.2) is 67.7 Å².